The van der Waals surface area contributed by atoms with E-state index in [0.29, 0.717) is 5.82 Å². The van der Waals surface area contributed by atoms with Crippen LogP contribution in [0.1, 0.15) is 13.8 Å². The third-order valence-corrected chi connectivity index (χ3v) is 2.31. The number of nitrogens with one attached hydrogen (secondary N) is 1. The molecule has 6 nitrogen and oxygen atoms in total. The Balaban J connectivity index is 2.47. The van der Waals surface area contributed by atoms with Gasteiger partial charge in [-0.3, -0.25) is 9.48 Å². The third-order valence-electron chi connectivity index (χ3n) is 2.31. The van der Waals surface area contributed by atoms with Crippen molar-refractivity contribution in [3.8, 4) is 0 Å². The zero-order valence-electron chi connectivity index (χ0n) is 9.55. The summed E-state index contributed by atoms with van der Waals surface area (Å²) in [6, 6.07) is 1.40. The van der Waals surface area contributed by atoms with Crippen LogP contribution in [0.25, 0.3) is 0 Å². The first-order chi connectivity index (χ1) is 7.52. The number of aliphatic hydroxyl groups is 1. The molecule has 4 N–H and O–H groups in total. The molecule has 6 heteroatoms. The van der Waals surface area contributed by atoms with E-state index in [2.05, 4.69) is 10.4 Å². The monoisotopic (exact) mass is 226 g/mol. The molecular formula is C10H18N4O2. The standard InChI is InChI=1S/C10H18N4O2/c1-7(2)8(6-15)12-10(16)5-14-4-3-9(11)13-14/h3-4,7-8,15H,5-6H2,1-2H3,(H2,11,13)(H,12,16)/t8-/m1/s1. The summed E-state index contributed by atoms with van der Waals surface area (Å²) in [5.41, 5.74) is 5.43. The summed E-state index contributed by atoms with van der Waals surface area (Å²) in [5, 5.41) is 15.7. The van der Waals surface area contributed by atoms with Crippen LogP contribution in [0.3, 0.4) is 0 Å². The Morgan fingerprint density at radius 1 is 1.69 bits per heavy atom. The van der Waals surface area contributed by atoms with Crippen LogP contribution in [0.15, 0.2) is 12.3 Å². The van der Waals surface area contributed by atoms with Crippen molar-refractivity contribution >= 4 is 11.7 Å². The van der Waals surface area contributed by atoms with Gasteiger partial charge in [0.05, 0.1) is 12.6 Å². The number of nitrogens with zero attached hydrogens (tertiary/aromatic N) is 2. The Labute approximate surface area is 94.4 Å². The summed E-state index contributed by atoms with van der Waals surface area (Å²) in [6.07, 6.45) is 1.64. The van der Waals surface area contributed by atoms with Crippen molar-refractivity contribution in [2.24, 2.45) is 5.92 Å². The summed E-state index contributed by atoms with van der Waals surface area (Å²) in [7, 11) is 0. The Hall–Kier alpha value is -1.56. The van der Waals surface area contributed by atoms with Crippen LogP contribution in [0.4, 0.5) is 5.82 Å². The van der Waals surface area contributed by atoms with E-state index in [4.69, 9.17) is 10.8 Å². The van der Waals surface area contributed by atoms with Gasteiger partial charge in [-0.2, -0.15) is 5.10 Å². The minimum atomic E-state index is -0.222. The lowest BCUT2D eigenvalue weighted by atomic mass is 10.1. The number of rotatable bonds is 5. The molecular weight excluding hydrogens is 208 g/mol. The average molecular weight is 226 g/mol. The van der Waals surface area contributed by atoms with Crippen molar-refractivity contribution in [3.63, 3.8) is 0 Å². The number of hydrogen-bond acceptors (Lipinski definition) is 4. The van der Waals surface area contributed by atoms with Crippen molar-refractivity contribution in [2.45, 2.75) is 26.4 Å². The zero-order chi connectivity index (χ0) is 12.1. The normalized spacial score (nSPS) is 12.8. The SMILES string of the molecule is CC(C)[C@@H](CO)NC(=O)Cn1ccc(N)n1. The molecule has 1 amide bonds. The first-order valence-corrected chi connectivity index (χ1v) is 5.22. The van der Waals surface area contributed by atoms with Crippen LogP contribution in [-0.2, 0) is 11.3 Å². The minimum Gasteiger partial charge on any atom is -0.394 e. The highest BCUT2D eigenvalue weighted by Crippen LogP contribution is 2.01. The number of aliphatic hydroxyl groups excluding tert-OH is 1. The molecule has 0 bridgehead atoms. The third kappa shape index (κ3) is 3.54. The molecule has 0 aliphatic heterocycles. The molecule has 1 rings (SSSR count). The van der Waals surface area contributed by atoms with Crippen LogP contribution in [0.5, 0.6) is 0 Å². The smallest absolute Gasteiger partial charge is 0.242 e. The van der Waals surface area contributed by atoms with Crippen molar-refractivity contribution in [3.05, 3.63) is 12.3 Å². The quantitative estimate of drug-likeness (QED) is 0.636. The summed E-state index contributed by atoms with van der Waals surface area (Å²) < 4.78 is 1.46. The van der Waals surface area contributed by atoms with Gasteiger partial charge in [0.15, 0.2) is 0 Å². The highest BCUT2D eigenvalue weighted by molar-refractivity contribution is 5.76. The van der Waals surface area contributed by atoms with Gasteiger partial charge in [0.2, 0.25) is 5.91 Å². The van der Waals surface area contributed by atoms with Crippen LogP contribution in [0, 0.1) is 5.92 Å². The van der Waals surface area contributed by atoms with Gasteiger partial charge in [-0.15, -0.1) is 0 Å². The maximum Gasteiger partial charge on any atom is 0.242 e. The minimum absolute atomic E-state index is 0.0648. The van der Waals surface area contributed by atoms with E-state index in [1.807, 2.05) is 13.8 Å². The molecule has 0 aromatic carbocycles. The Morgan fingerprint density at radius 2 is 2.38 bits per heavy atom. The van der Waals surface area contributed by atoms with Crippen LogP contribution in [-0.4, -0.2) is 33.4 Å². The molecule has 0 spiro atoms. The molecule has 1 atom stereocenters. The summed E-state index contributed by atoms with van der Waals surface area (Å²) in [5.74, 6) is 0.392. The summed E-state index contributed by atoms with van der Waals surface area (Å²) >= 11 is 0. The van der Waals surface area contributed by atoms with E-state index in [1.165, 1.54) is 4.68 Å². The first-order valence-electron chi connectivity index (χ1n) is 5.22. The van der Waals surface area contributed by atoms with Gasteiger partial charge in [0.25, 0.3) is 0 Å². The lowest BCUT2D eigenvalue weighted by Gasteiger charge is -2.19. The topological polar surface area (TPSA) is 93.2 Å². The van der Waals surface area contributed by atoms with Crippen molar-refractivity contribution in [1.29, 1.82) is 0 Å². The van der Waals surface area contributed by atoms with E-state index >= 15 is 0 Å². The molecule has 0 aliphatic rings. The maximum absolute atomic E-state index is 11.6. The van der Waals surface area contributed by atoms with Gasteiger partial charge in [-0.05, 0) is 12.0 Å². The van der Waals surface area contributed by atoms with Crippen molar-refractivity contribution in [1.82, 2.24) is 15.1 Å². The molecule has 0 saturated carbocycles. The summed E-state index contributed by atoms with van der Waals surface area (Å²) in [6.45, 7) is 3.92. The van der Waals surface area contributed by atoms with Crippen LogP contribution >= 0.6 is 0 Å². The highest BCUT2D eigenvalue weighted by Gasteiger charge is 2.15. The highest BCUT2D eigenvalue weighted by atomic mass is 16.3. The number of nitrogens with two attached hydrogens (primary N) is 1. The number of aromatic nitrogens is 2. The fourth-order valence-electron chi connectivity index (χ4n) is 1.29. The van der Waals surface area contributed by atoms with Gasteiger partial charge < -0.3 is 16.2 Å². The molecule has 0 saturated heterocycles. The number of carbonyl (C=O) groups excluding carboxylic acids is 1. The maximum atomic E-state index is 11.6. The van der Waals surface area contributed by atoms with E-state index in [9.17, 15) is 4.79 Å². The van der Waals surface area contributed by atoms with Gasteiger partial charge in [-0.1, -0.05) is 13.8 Å². The predicted octanol–water partition coefficient (Wildman–Crippen LogP) is -0.402. The lowest BCUT2D eigenvalue weighted by molar-refractivity contribution is -0.123. The van der Waals surface area contributed by atoms with Crippen molar-refractivity contribution in [2.75, 3.05) is 12.3 Å². The molecule has 1 heterocycles. The second kappa shape index (κ2) is 5.50. The molecule has 0 unspecified atom stereocenters. The molecule has 90 valence electrons. The molecule has 16 heavy (non-hydrogen) atoms. The number of nitrogen functional groups attached to an aromatic ring is 1. The fourth-order valence-corrected chi connectivity index (χ4v) is 1.29. The van der Waals surface area contributed by atoms with Gasteiger partial charge in [0, 0.05) is 6.20 Å². The summed E-state index contributed by atoms with van der Waals surface area (Å²) in [4.78, 5) is 11.6. The molecule has 0 aliphatic carbocycles. The Bertz CT molecular complexity index is 348. The Kier molecular flexibility index (Phi) is 4.30. The van der Waals surface area contributed by atoms with Gasteiger partial charge in [-0.25, -0.2) is 0 Å². The molecule has 0 fully saturated rings. The van der Waals surface area contributed by atoms with Gasteiger partial charge in [0.1, 0.15) is 12.4 Å². The lowest BCUT2D eigenvalue weighted by Crippen LogP contribution is -2.42. The first kappa shape index (κ1) is 12.5. The fraction of sp³-hybridized carbons (Fsp3) is 0.600. The van der Waals surface area contributed by atoms with E-state index in [0.717, 1.165) is 0 Å². The zero-order valence-corrected chi connectivity index (χ0v) is 9.55. The molecule has 0 radical (unpaired) electrons. The average Bonchev–Trinajstić information content (AvgIpc) is 2.60. The second-order valence-electron chi connectivity index (χ2n) is 4.04. The molecule has 1 aromatic rings. The molecule has 1 aromatic heterocycles. The van der Waals surface area contributed by atoms with Crippen LogP contribution < -0.4 is 11.1 Å². The van der Waals surface area contributed by atoms with Gasteiger partial charge >= 0.3 is 0 Å². The van der Waals surface area contributed by atoms with E-state index in [1.54, 1.807) is 12.3 Å². The van der Waals surface area contributed by atoms with E-state index < -0.39 is 0 Å². The number of amides is 1. The van der Waals surface area contributed by atoms with Crippen LogP contribution in [0.2, 0.25) is 0 Å². The second-order valence-corrected chi connectivity index (χ2v) is 4.04. The predicted molar refractivity (Wildman–Crippen MR) is 60.5 cm³/mol. The number of anilines is 1. The van der Waals surface area contributed by atoms with Crippen molar-refractivity contribution < 1.29 is 9.90 Å². The Morgan fingerprint density at radius 3 is 2.81 bits per heavy atom. The number of carbonyl (C=O) groups is 1. The van der Waals surface area contributed by atoms with E-state index in [-0.39, 0.29) is 31.0 Å². The largest absolute Gasteiger partial charge is 0.394 e. The number of hydrogen-bond donors (Lipinski definition) is 3.